The summed E-state index contributed by atoms with van der Waals surface area (Å²) in [6.07, 6.45) is 1.89. The molecule has 0 atom stereocenters. The SMILES string of the molecule is Cn1c(/C=N/Cc2ccccc2)nc2c(-c3ccccc3)ccc(-c3ccccc3)c21. The Morgan fingerprint density at radius 3 is 1.90 bits per heavy atom. The second-order valence-corrected chi connectivity index (χ2v) is 7.57. The predicted molar refractivity (Wildman–Crippen MR) is 129 cm³/mol. The average molecular weight is 402 g/mol. The van der Waals surface area contributed by atoms with Crippen LogP contribution in [0.3, 0.4) is 0 Å². The van der Waals surface area contributed by atoms with Crippen molar-refractivity contribution >= 4 is 17.2 Å². The first-order valence-corrected chi connectivity index (χ1v) is 10.5. The standard InChI is InChI=1S/C28H23N3/c1-31-26(20-29-19-21-11-5-2-6-12-21)30-27-24(22-13-7-3-8-14-22)17-18-25(28(27)31)23-15-9-4-10-16-23/h2-18,20H,19H2,1H3/b29-20+. The quantitative estimate of drug-likeness (QED) is 0.308. The van der Waals surface area contributed by atoms with Crippen molar-refractivity contribution in [1.29, 1.82) is 0 Å². The molecule has 0 bridgehead atoms. The summed E-state index contributed by atoms with van der Waals surface area (Å²) >= 11 is 0. The minimum atomic E-state index is 0.640. The number of imidazole rings is 1. The van der Waals surface area contributed by atoms with E-state index in [0.717, 1.165) is 28.0 Å². The van der Waals surface area contributed by atoms with Gasteiger partial charge < -0.3 is 4.57 Å². The Morgan fingerprint density at radius 2 is 1.26 bits per heavy atom. The summed E-state index contributed by atoms with van der Waals surface area (Å²) in [5.74, 6) is 0.853. The number of nitrogens with zero attached hydrogens (tertiary/aromatic N) is 3. The number of hydrogen-bond donors (Lipinski definition) is 0. The van der Waals surface area contributed by atoms with Crippen molar-refractivity contribution in [3.8, 4) is 22.3 Å². The van der Waals surface area contributed by atoms with Gasteiger partial charge in [0.2, 0.25) is 0 Å². The van der Waals surface area contributed by atoms with Gasteiger partial charge >= 0.3 is 0 Å². The fraction of sp³-hybridized carbons (Fsp3) is 0.0714. The molecule has 5 aromatic rings. The number of aryl methyl sites for hydroxylation is 1. The largest absolute Gasteiger partial charge is 0.326 e. The summed E-state index contributed by atoms with van der Waals surface area (Å²) in [7, 11) is 2.07. The number of aliphatic imine (C=N–C) groups is 1. The second kappa shape index (κ2) is 8.41. The van der Waals surface area contributed by atoms with Crippen molar-refractivity contribution in [3.05, 3.63) is 115 Å². The maximum absolute atomic E-state index is 5.02. The van der Waals surface area contributed by atoms with Crippen LogP contribution in [-0.4, -0.2) is 15.8 Å². The van der Waals surface area contributed by atoms with Crippen LogP contribution in [0.25, 0.3) is 33.3 Å². The summed E-state index contributed by atoms with van der Waals surface area (Å²) in [5, 5.41) is 0. The minimum absolute atomic E-state index is 0.640. The summed E-state index contributed by atoms with van der Waals surface area (Å²) in [4.78, 5) is 9.68. The minimum Gasteiger partial charge on any atom is -0.326 e. The van der Waals surface area contributed by atoms with Crippen LogP contribution in [0.4, 0.5) is 0 Å². The zero-order valence-electron chi connectivity index (χ0n) is 17.4. The van der Waals surface area contributed by atoms with Gasteiger partial charge in [0.1, 0.15) is 0 Å². The fourth-order valence-corrected chi connectivity index (χ4v) is 3.97. The average Bonchev–Trinajstić information content (AvgIpc) is 3.17. The highest BCUT2D eigenvalue weighted by atomic mass is 15.1. The molecule has 0 aliphatic heterocycles. The molecule has 0 N–H and O–H groups in total. The van der Waals surface area contributed by atoms with E-state index in [-0.39, 0.29) is 0 Å². The van der Waals surface area contributed by atoms with Gasteiger partial charge in [0, 0.05) is 18.2 Å². The maximum atomic E-state index is 5.02. The van der Waals surface area contributed by atoms with Crippen LogP contribution in [0.15, 0.2) is 108 Å². The predicted octanol–water partition coefficient (Wildman–Crippen LogP) is 6.53. The molecular formula is C28H23N3. The van der Waals surface area contributed by atoms with E-state index in [1.54, 1.807) is 0 Å². The Morgan fingerprint density at radius 1 is 0.710 bits per heavy atom. The molecule has 0 saturated heterocycles. The van der Waals surface area contributed by atoms with E-state index in [0.29, 0.717) is 6.54 Å². The van der Waals surface area contributed by atoms with Gasteiger partial charge in [0.05, 0.1) is 23.8 Å². The molecule has 1 aromatic heterocycles. The third-order valence-electron chi connectivity index (χ3n) is 5.55. The highest BCUT2D eigenvalue weighted by molar-refractivity contribution is 6.03. The van der Waals surface area contributed by atoms with Crippen molar-refractivity contribution in [3.63, 3.8) is 0 Å². The highest BCUT2D eigenvalue weighted by Crippen LogP contribution is 2.35. The van der Waals surface area contributed by atoms with E-state index in [9.17, 15) is 0 Å². The molecule has 0 unspecified atom stereocenters. The molecule has 150 valence electrons. The van der Waals surface area contributed by atoms with Crippen LogP contribution in [0.1, 0.15) is 11.4 Å². The van der Waals surface area contributed by atoms with Crippen molar-refractivity contribution < 1.29 is 0 Å². The molecule has 0 saturated carbocycles. The van der Waals surface area contributed by atoms with Gasteiger partial charge in [-0.15, -0.1) is 0 Å². The molecule has 1 heterocycles. The van der Waals surface area contributed by atoms with Gasteiger partial charge in [-0.05, 0) is 16.7 Å². The molecule has 3 heteroatoms. The first kappa shape index (κ1) is 19.0. The third-order valence-corrected chi connectivity index (χ3v) is 5.55. The summed E-state index contributed by atoms with van der Waals surface area (Å²) in [5.41, 5.74) is 7.96. The van der Waals surface area contributed by atoms with Gasteiger partial charge in [-0.1, -0.05) is 103 Å². The Kier molecular flexibility index (Phi) is 5.16. The van der Waals surface area contributed by atoms with E-state index in [1.807, 2.05) is 36.5 Å². The second-order valence-electron chi connectivity index (χ2n) is 7.57. The van der Waals surface area contributed by atoms with Crippen molar-refractivity contribution in [1.82, 2.24) is 9.55 Å². The topological polar surface area (TPSA) is 30.2 Å². The van der Waals surface area contributed by atoms with Crippen molar-refractivity contribution in [2.24, 2.45) is 12.0 Å². The number of benzene rings is 4. The van der Waals surface area contributed by atoms with Crippen LogP contribution < -0.4 is 0 Å². The van der Waals surface area contributed by atoms with E-state index >= 15 is 0 Å². The Balaban J connectivity index is 1.65. The Bertz CT molecular complexity index is 1340. The number of hydrogen-bond acceptors (Lipinski definition) is 2. The van der Waals surface area contributed by atoms with Gasteiger partial charge in [0.25, 0.3) is 0 Å². The van der Waals surface area contributed by atoms with Crippen molar-refractivity contribution in [2.45, 2.75) is 6.54 Å². The third kappa shape index (κ3) is 3.78. The number of rotatable bonds is 5. The Hall–Kier alpha value is -3.98. The lowest BCUT2D eigenvalue weighted by Crippen LogP contribution is -1.97. The van der Waals surface area contributed by atoms with Crippen LogP contribution in [0.2, 0.25) is 0 Å². The molecule has 0 aliphatic rings. The van der Waals surface area contributed by atoms with Crippen LogP contribution in [-0.2, 0) is 13.6 Å². The number of aromatic nitrogens is 2. The lowest BCUT2D eigenvalue weighted by Gasteiger charge is -2.09. The van der Waals surface area contributed by atoms with E-state index in [1.165, 1.54) is 16.7 Å². The Labute approximate surface area is 182 Å². The monoisotopic (exact) mass is 401 g/mol. The molecule has 0 amide bonds. The van der Waals surface area contributed by atoms with Crippen molar-refractivity contribution in [2.75, 3.05) is 0 Å². The zero-order valence-corrected chi connectivity index (χ0v) is 17.4. The molecule has 0 radical (unpaired) electrons. The van der Waals surface area contributed by atoms with E-state index in [2.05, 4.69) is 89.4 Å². The van der Waals surface area contributed by atoms with Gasteiger partial charge in [-0.2, -0.15) is 0 Å². The molecular weight excluding hydrogens is 378 g/mol. The fourth-order valence-electron chi connectivity index (χ4n) is 3.97. The summed E-state index contributed by atoms with van der Waals surface area (Å²) < 4.78 is 2.15. The molecule has 4 aromatic carbocycles. The lowest BCUT2D eigenvalue weighted by atomic mass is 9.98. The molecule has 31 heavy (non-hydrogen) atoms. The van der Waals surface area contributed by atoms with Gasteiger partial charge in [-0.3, -0.25) is 4.99 Å². The van der Waals surface area contributed by atoms with E-state index < -0.39 is 0 Å². The van der Waals surface area contributed by atoms with Crippen LogP contribution >= 0.6 is 0 Å². The first-order chi connectivity index (χ1) is 15.3. The molecule has 3 nitrogen and oxygen atoms in total. The molecule has 5 rings (SSSR count). The van der Waals surface area contributed by atoms with Crippen LogP contribution in [0.5, 0.6) is 0 Å². The smallest absolute Gasteiger partial charge is 0.151 e. The van der Waals surface area contributed by atoms with Gasteiger partial charge in [0.15, 0.2) is 5.82 Å². The first-order valence-electron chi connectivity index (χ1n) is 10.5. The van der Waals surface area contributed by atoms with Crippen LogP contribution in [0, 0.1) is 0 Å². The normalized spacial score (nSPS) is 11.4. The molecule has 0 spiro atoms. The number of fused-ring (bicyclic) bond motifs is 1. The van der Waals surface area contributed by atoms with Gasteiger partial charge in [-0.25, -0.2) is 4.98 Å². The molecule has 0 fully saturated rings. The maximum Gasteiger partial charge on any atom is 0.151 e. The lowest BCUT2D eigenvalue weighted by molar-refractivity contribution is 0.930. The summed E-state index contributed by atoms with van der Waals surface area (Å²) in [6.45, 7) is 0.640. The zero-order chi connectivity index (χ0) is 21.0. The molecule has 0 aliphatic carbocycles. The van der Waals surface area contributed by atoms with E-state index in [4.69, 9.17) is 4.98 Å². The summed E-state index contributed by atoms with van der Waals surface area (Å²) in [6, 6.07) is 35.6. The highest BCUT2D eigenvalue weighted by Gasteiger charge is 2.16.